The first kappa shape index (κ1) is 22.4. The van der Waals surface area contributed by atoms with Gasteiger partial charge in [0.2, 0.25) is 0 Å². The summed E-state index contributed by atoms with van der Waals surface area (Å²) in [5.74, 6) is 0.845. The number of guanidine groups is 1. The molecule has 2 N–H and O–H groups in total. The van der Waals surface area contributed by atoms with E-state index < -0.39 is 0 Å². The first-order valence-electron chi connectivity index (χ1n) is 9.14. The van der Waals surface area contributed by atoms with Gasteiger partial charge in [-0.05, 0) is 30.5 Å². The fraction of sp³-hybridized carbons (Fsp3) is 0.429. The van der Waals surface area contributed by atoms with E-state index in [2.05, 4.69) is 64.8 Å². The van der Waals surface area contributed by atoms with Crippen LogP contribution in [0.4, 0.5) is 0 Å². The quantitative estimate of drug-likeness (QED) is 0.349. The van der Waals surface area contributed by atoms with E-state index in [1.165, 1.54) is 5.56 Å². The second-order valence-corrected chi connectivity index (χ2v) is 6.28. The zero-order chi connectivity index (χ0) is 18.0. The number of pyridine rings is 1. The fourth-order valence-corrected chi connectivity index (χ4v) is 3.13. The van der Waals surface area contributed by atoms with E-state index in [0.29, 0.717) is 0 Å². The number of aromatic nitrogens is 1. The molecule has 0 spiro atoms. The molecule has 0 aliphatic carbocycles. The molecular formula is C21H31IN4. The van der Waals surface area contributed by atoms with E-state index in [4.69, 9.17) is 0 Å². The van der Waals surface area contributed by atoms with Crippen LogP contribution in [0.3, 0.4) is 0 Å². The Morgan fingerprint density at radius 3 is 2.27 bits per heavy atom. The van der Waals surface area contributed by atoms with Crippen molar-refractivity contribution in [1.29, 1.82) is 0 Å². The second-order valence-electron chi connectivity index (χ2n) is 6.28. The smallest absolute Gasteiger partial charge is 0.191 e. The lowest BCUT2D eigenvalue weighted by atomic mass is 9.76. The SMILES string of the molecule is CCC(CC)(CNC(=NC)NCCc1ccccn1)c1ccccc1.I. The molecule has 1 aromatic heterocycles. The number of nitrogens with zero attached hydrogens (tertiary/aromatic N) is 2. The van der Waals surface area contributed by atoms with Gasteiger partial charge in [-0.3, -0.25) is 9.98 Å². The molecule has 0 radical (unpaired) electrons. The summed E-state index contributed by atoms with van der Waals surface area (Å²) in [5.41, 5.74) is 2.60. The lowest BCUT2D eigenvalue weighted by Gasteiger charge is -2.33. The van der Waals surface area contributed by atoms with Gasteiger partial charge in [0.05, 0.1) is 0 Å². The average Bonchev–Trinajstić information content (AvgIpc) is 2.69. The van der Waals surface area contributed by atoms with Gasteiger partial charge in [-0.25, -0.2) is 0 Å². The summed E-state index contributed by atoms with van der Waals surface area (Å²) in [6.07, 6.45) is 4.89. The molecule has 2 aromatic rings. The lowest BCUT2D eigenvalue weighted by Crippen LogP contribution is -2.45. The van der Waals surface area contributed by atoms with Crippen LogP contribution in [0.25, 0.3) is 0 Å². The molecule has 0 fully saturated rings. The van der Waals surface area contributed by atoms with Crippen molar-refractivity contribution in [2.45, 2.75) is 38.5 Å². The van der Waals surface area contributed by atoms with Crippen molar-refractivity contribution in [1.82, 2.24) is 15.6 Å². The van der Waals surface area contributed by atoms with Crippen molar-refractivity contribution in [3.63, 3.8) is 0 Å². The molecule has 142 valence electrons. The monoisotopic (exact) mass is 466 g/mol. The van der Waals surface area contributed by atoms with Crippen LogP contribution < -0.4 is 10.6 Å². The van der Waals surface area contributed by atoms with Gasteiger partial charge in [-0.15, -0.1) is 24.0 Å². The second kappa shape index (κ2) is 11.9. The summed E-state index contributed by atoms with van der Waals surface area (Å²) in [7, 11) is 1.82. The highest BCUT2D eigenvalue weighted by molar-refractivity contribution is 14.0. The van der Waals surface area contributed by atoms with Crippen LogP contribution in [0.1, 0.15) is 37.9 Å². The molecule has 26 heavy (non-hydrogen) atoms. The zero-order valence-corrected chi connectivity index (χ0v) is 18.4. The molecule has 1 heterocycles. The van der Waals surface area contributed by atoms with Gasteiger partial charge < -0.3 is 10.6 Å². The van der Waals surface area contributed by atoms with Crippen LogP contribution in [-0.2, 0) is 11.8 Å². The number of benzene rings is 1. The molecule has 0 saturated heterocycles. The third kappa shape index (κ3) is 6.27. The summed E-state index contributed by atoms with van der Waals surface area (Å²) in [4.78, 5) is 8.71. The molecule has 0 unspecified atom stereocenters. The Kier molecular flexibility index (Phi) is 10.2. The predicted octanol–water partition coefficient (Wildman–Crippen LogP) is 4.17. The third-order valence-electron chi connectivity index (χ3n) is 4.96. The highest BCUT2D eigenvalue weighted by Crippen LogP contribution is 2.30. The molecule has 4 nitrogen and oxygen atoms in total. The summed E-state index contributed by atoms with van der Waals surface area (Å²) < 4.78 is 0. The number of halogens is 1. The van der Waals surface area contributed by atoms with Gasteiger partial charge in [0.25, 0.3) is 0 Å². The molecule has 0 atom stereocenters. The first-order chi connectivity index (χ1) is 12.2. The molecule has 0 aliphatic rings. The van der Waals surface area contributed by atoms with Crippen LogP contribution in [0.2, 0.25) is 0 Å². The molecule has 2 rings (SSSR count). The van der Waals surface area contributed by atoms with E-state index in [0.717, 1.165) is 44.0 Å². The summed E-state index contributed by atoms with van der Waals surface area (Å²) in [6.45, 7) is 6.20. The van der Waals surface area contributed by atoms with Gasteiger partial charge in [0.1, 0.15) is 0 Å². The van der Waals surface area contributed by atoms with Crippen LogP contribution >= 0.6 is 24.0 Å². The Morgan fingerprint density at radius 2 is 1.69 bits per heavy atom. The van der Waals surface area contributed by atoms with Gasteiger partial charge in [-0.2, -0.15) is 0 Å². The Labute approximate surface area is 174 Å². The average molecular weight is 466 g/mol. The highest BCUT2D eigenvalue weighted by Gasteiger charge is 2.28. The largest absolute Gasteiger partial charge is 0.356 e. The number of hydrogen-bond donors (Lipinski definition) is 2. The van der Waals surface area contributed by atoms with Gasteiger partial charge in [0, 0.05) is 43.9 Å². The molecule has 0 aliphatic heterocycles. The minimum absolute atomic E-state index is 0. The maximum atomic E-state index is 4.36. The van der Waals surface area contributed by atoms with E-state index in [1.54, 1.807) is 0 Å². The molecule has 5 heteroatoms. The van der Waals surface area contributed by atoms with Gasteiger partial charge in [-0.1, -0.05) is 50.2 Å². The number of hydrogen-bond acceptors (Lipinski definition) is 2. The maximum absolute atomic E-state index is 4.36. The number of rotatable bonds is 8. The highest BCUT2D eigenvalue weighted by atomic mass is 127. The summed E-state index contributed by atoms with van der Waals surface area (Å²) in [5, 5.41) is 6.90. The summed E-state index contributed by atoms with van der Waals surface area (Å²) >= 11 is 0. The Bertz CT molecular complexity index is 640. The van der Waals surface area contributed by atoms with Crippen LogP contribution in [-0.4, -0.2) is 31.1 Å². The standard InChI is InChI=1S/C21H30N4.HI/c1-4-21(5-2,18-11-7-6-8-12-18)17-25-20(22-3)24-16-14-19-13-9-10-15-23-19;/h6-13,15H,4-5,14,16-17H2,1-3H3,(H2,22,24,25);1H. The summed E-state index contributed by atoms with van der Waals surface area (Å²) in [6, 6.07) is 16.8. The van der Waals surface area contributed by atoms with Crippen molar-refractivity contribution < 1.29 is 0 Å². The first-order valence-corrected chi connectivity index (χ1v) is 9.14. The lowest BCUT2D eigenvalue weighted by molar-refractivity contribution is 0.389. The topological polar surface area (TPSA) is 49.3 Å². The minimum atomic E-state index is 0. The van der Waals surface area contributed by atoms with Crippen LogP contribution in [0.5, 0.6) is 0 Å². The van der Waals surface area contributed by atoms with E-state index >= 15 is 0 Å². The Morgan fingerprint density at radius 1 is 1.00 bits per heavy atom. The molecule has 0 saturated carbocycles. The predicted molar refractivity (Wildman–Crippen MR) is 121 cm³/mol. The van der Waals surface area contributed by atoms with E-state index in [9.17, 15) is 0 Å². The van der Waals surface area contributed by atoms with Crippen molar-refractivity contribution in [2.75, 3.05) is 20.1 Å². The molecule has 1 aromatic carbocycles. The number of nitrogens with one attached hydrogen (secondary N) is 2. The third-order valence-corrected chi connectivity index (χ3v) is 4.96. The van der Waals surface area contributed by atoms with E-state index in [-0.39, 0.29) is 29.4 Å². The number of aliphatic imine (C=N–C) groups is 1. The minimum Gasteiger partial charge on any atom is -0.356 e. The fourth-order valence-electron chi connectivity index (χ4n) is 3.13. The molecule has 0 amide bonds. The normalized spacial score (nSPS) is 11.6. The maximum Gasteiger partial charge on any atom is 0.191 e. The molecular weight excluding hydrogens is 435 g/mol. The van der Waals surface area contributed by atoms with Crippen molar-refractivity contribution >= 4 is 29.9 Å². The van der Waals surface area contributed by atoms with Gasteiger partial charge >= 0.3 is 0 Å². The Hall–Kier alpha value is -1.63. The van der Waals surface area contributed by atoms with Crippen molar-refractivity contribution in [2.24, 2.45) is 4.99 Å². The Balaban J connectivity index is 0.00000338. The molecule has 0 bridgehead atoms. The van der Waals surface area contributed by atoms with Crippen molar-refractivity contribution in [3.8, 4) is 0 Å². The van der Waals surface area contributed by atoms with Gasteiger partial charge in [0.15, 0.2) is 5.96 Å². The zero-order valence-electron chi connectivity index (χ0n) is 16.0. The van der Waals surface area contributed by atoms with Crippen LogP contribution in [0.15, 0.2) is 59.7 Å². The van der Waals surface area contributed by atoms with Crippen LogP contribution in [0, 0.1) is 0 Å². The van der Waals surface area contributed by atoms with Crippen molar-refractivity contribution in [3.05, 3.63) is 66.0 Å². The van der Waals surface area contributed by atoms with E-state index in [1.807, 2.05) is 31.4 Å².